The van der Waals surface area contributed by atoms with Crippen molar-refractivity contribution >= 4 is 45.2 Å². The highest BCUT2D eigenvalue weighted by Crippen LogP contribution is 2.44. The number of alkyl halides is 4. The first-order valence-electron chi connectivity index (χ1n) is 4.83. The molecular formula is C11H10BrF3OS2. The van der Waals surface area contributed by atoms with Gasteiger partial charge in [0.05, 0.1) is 4.83 Å². The van der Waals surface area contributed by atoms with Gasteiger partial charge < -0.3 is 0 Å². The van der Waals surface area contributed by atoms with Crippen LogP contribution < -0.4 is 0 Å². The van der Waals surface area contributed by atoms with Gasteiger partial charge in [-0.3, -0.25) is 4.79 Å². The summed E-state index contributed by atoms with van der Waals surface area (Å²) in [4.78, 5) is 11.4. The predicted octanol–water partition coefficient (Wildman–Crippen LogP) is 5.05. The molecule has 0 aliphatic carbocycles. The predicted molar refractivity (Wildman–Crippen MR) is 72.5 cm³/mol. The molecule has 0 aliphatic heterocycles. The second-order valence-corrected chi connectivity index (χ2v) is 6.24. The van der Waals surface area contributed by atoms with E-state index in [1.54, 1.807) is 12.3 Å². The van der Waals surface area contributed by atoms with Crippen molar-refractivity contribution in [2.24, 2.45) is 0 Å². The minimum absolute atomic E-state index is 0.123. The molecule has 0 radical (unpaired) electrons. The molecule has 1 atom stereocenters. The number of benzene rings is 1. The summed E-state index contributed by atoms with van der Waals surface area (Å²) in [5.41, 5.74) is -3.76. The summed E-state index contributed by atoms with van der Waals surface area (Å²) in [6.07, 6.45) is 1.69. The van der Waals surface area contributed by atoms with Crippen molar-refractivity contribution in [1.82, 2.24) is 0 Å². The quantitative estimate of drug-likeness (QED) is 0.554. The van der Waals surface area contributed by atoms with Crippen molar-refractivity contribution in [3.8, 4) is 0 Å². The first kappa shape index (κ1) is 15.9. The van der Waals surface area contributed by atoms with Crippen LogP contribution in [0.1, 0.15) is 17.3 Å². The van der Waals surface area contributed by atoms with Crippen molar-refractivity contribution in [3.63, 3.8) is 0 Å². The lowest BCUT2D eigenvalue weighted by Crippen LogP contribution is -2.05. The van der Waals surface area contributed by atoms with Gasteiger partial charge in [0.1, 0.15) is 5.78 Å². The van der Waals surface area contributed by atoms with E-state index < -0.39 is 10.3 Å². The van der Waals surface area contributed by atoms with Crippen LogP contribution in [0.5, 0.6) is 0 Å². The number of thioether (sulfide) groups is 2. The molecule has 100 valence electrons. The van der Waals surface area contributed by atoms with Gasteiger partial charge >= 0.3 is 5.51 Å². The van der Waals surface area contributed by atoms with Crippen LogP contribution in [0.2, 0.25) is 0 Å². The van der Waals surface area contributed by atoms with Gasteiger partial charge in [0, 0.05) is 9.79 Å². The van der Waals surface area contributed by atoms with Gasteiger partial charge in [0.2, 0.25) is 0 Å². The number of Topliss-reactive ketones (excluding diaryl/α,β-unsaturated/α-hetero) is 1. The maximum atomic E-state index is 12.4. The number of carbonyl (C=O) groups excluding carboxylic acids is 1. The van der Waals surface area contributed by atoms with Crippen LogP contribution in [0.4, 0.5) is 13.2 Å². The fraction of sp³-hybridized carbons (Fsp3) is 0.364. The maximum absolute atomic E-state index is 12.4. The Kier molecular flexibility index (Phi) is 5.61. The molecule has 0 saturated carbocycles. The summed E-state index contributed by atoms with van der Waals surface area (Å²) in [6, 6.07) is 4.60. The Hall–Kier alpha value is -0.140. The van der Waals surface area contributed by atoms with Crippen LogP contribution in [-0.4, -0.2) is 17.5 Å². The standard InChI is InChI=1S/C11H10BrF3OS2/c1-6(16)9(12)7-4-3-5-8(10(7)17-2)18-11(13,14)15/h3-5,9H,1-2H3. The second kappa shape index (κ2) is 6.34. The van der Waals surface area contributed by atoms with Gasteiger partial charge in [-0.2, -0.15) is 13.2 Å². The second-order valence-electron chi connectivity index (χ2n) is 3.40. The van der Waals surface area contributed by atoms with Crippen LogP contribution in [0.15, 0.2) is 28.0 Å². The number of hydrogen-bond acceptors (Lipinski definition) is 3. The molecule has 0 bridgehead atoms. The van der Waals surface area contributed by atoms with Gasteiger partial charge in [0.25, 0.3) is 0 Å². The van der Waals surface area contributed by atoms with Crippen molar-refractivity contribution in [3.05, 3.63) is 23.8 Å². The Morgan fingerprint density at radius 2 is 2.00 bits per heavy atom. The third-order valence-corrected chi connectivity index (χ3v) is 4.99. The molecule has 1 unspecified atom stereocenters. The summed E-state index contributed by atoms with van der Waals surface area (Å²) in [5.74, 6) is -0.139. The van der Waals surface area contributed by atoms with E-state index in [1.165, 1.54) is 30.8 Å². The fourth-order valence-electron chi connectivity index (χ4n) is 1.37. The molecule has 0 aromatic heterocycles. The summed E-state index contributed by atoms with van der Waals surface area (Å²) in [7, 11) is 0. The Morgan fingerprint density at radius 1 is 1.39 bits per heavy atom. The maximum Gasteiger partial charge on any atom is 0.446 e. The van der Waals surface area contributed by atoms with Crippen LogP contribution >= 0.6 is 39.5 Å². The smallest absolute Gasteiger partial charge is 0.298 e. The summed E-state index contributed by atoms with van der Waals surface area (Å²) in [5, 5.41) is 0. The highest BCUT2D eigenvalue weighted by molar-refractivity contribution is 9.09. The van der Waals surface area contributed by atoms with Gasteiger partial charge in [-0.05, 0) is 36.6 Å². The minimum atomic E-state index is -4.33. The molecule has 1 nitrogen and oxygen atoms in total. The lowest BCUT2D eigenvalue weighted by atomic mass is 10.1. The Labute approximate surface area is 120 Å². The summed E-state index contributed by atoms with van der Waals surface area (Å²) >= 11 is 4.25. The number of halogens is 4. The van der Waals surface area contributed by atoms with Crippen LogP contribution in [0.3, 0.4) is 0 Å². The lowest BCUT2D eigenvalue weighted by molar-refractivity contribution is -0.116. The van der Waals surface area contributed by atoms with E-state index in [1.807, 2.05) is 0 Å². The van der Waals surface area contributed by atoms with Gasteiger partial charge in [0.15, 0.2) is 0 Å². The van der Waals surface area contributed by atoms with E-state index in [4.69, 9.17) is 0 Å². The first-order chi connectivity index (χ1) is 8.26. The Bertz CT molecular complexity index is 448. The van der Waals surface area contributed by atoms with Gasteiger partial charge in [-0.15, -0.1) is 11.8 Å². The Morgan fingerprint density at radius 3 is 2.44 bits per heavy atom. The average Bonchev–Trinajstić information content (AvgIpc) is 2.25. The van der Waals surface area contributed by atoms with Crippen LogP contribution in [0, 0.1) is 0 Å². The van der Waals surface area contributed by atoms with Crippen molar-refractivity contribution in [1.29, 1.82) is 0 Å². The summed E-state index contributed by atoms with van der Waals surface area (Å²) < 4.78 is 37.3. The number of ketones is 1. The zero-order valence-electron chi connectivity index (χ0n) is 9.55. The lowest BCUT2D eigenvalue weighted by Gasteiger charge is -2.16. The van der Waals surface area contributed by atoms with E-state index in [0.29, 0.717) is 10.5 Å². The molecule has 0 fully saturated rings. The molecule has 1 rings (SSSR count). The zero-order chi connectivity index (χ0) is 13.9. The molecule has 1 aromatic carbocycles. The minimum Gasteiger partial charge on any atom is -0.298 e. The van der Waals surface area contributed by atoms with Crippen LogP contribution in [-0.2, 0) is 4.79 Å². The van der Waals surface area contributed by atoms with E-state index in [2.05, 4.69) is 15.9 Å². The summed E-state index contributed by atoms with van der Waals surface area (Å²) in [6.45, 7) is 1.40. The zero-order valence-corrected chi connectivity index (χ0v) is 12.8. The molecule has 0 N–H and O–H groups in total. The normalized spacial score (nSPS) is 13.4. The van der Waals surface area contributed by atoms with E-state index in [0.717, 1.165) is 0 Å². The monoisotopic (exact) mass is 358 g/mol. The molecule has 0 saturated heterocycles. The van der Waals surface area contributed by atoms with Gasteiger partial charge in [-0.1, -0.05) is 28.1 Å². The Balaban J connectivity index is 3.22. The van der Waals surface area contributed by atoms with E-state index >= 15 is 0 Å². The third kappa shape index (κ3) is 4.20. The largest absolute Gasteiger partial charge is 0.446 e. The molecule has 7 heteroatoms. The third-order valence-electron chi connectivity index (χ3n) is 2.07. The molecule has 0 amide bonds. The molecule has 18 heavy (non-hydrogen) atoms. The van der Waals surface area contributed by atoms with E-state index in [9.17, 15) is 18.0 Å². The first-order valence-corrected chi connectivity index (χ1v) is 7.79. The average molecular weight is 359 g/mol. The molecule has 0 spiro atoms. The molecule has 0 aliphatic rings. The highest BCUT2D eigenvalue weighted by atomic mass is 79.9. The number of carbonyl (C=O) groups is 1. The SMILES string of the molecule is CSc1c(SC(F)(F)F)cccc1C(Br)C(C)=O. The highest BCUT2D eigenvalue weighted by Gasteiger charge is 2.31. The van der Waals surface area contributed by atoms with Gasteiger partial charge in [-0.25, -0.2) is 0 Å². The van der Waals surface area contributed by atoms with Crippen molar-refractivity contribution in [2.75, 3.05) is 6.26 Å². The van der Waals surface area contributed by atoms with Crippen molar-refractivity contribution < 1.29 is 18.0 Å². The molecule has 1 aromatic rings. The van der Waals surface area contributed by atoms with Crippen LogP contribution in [0.25, 0.3) is 0 Å². The topological polar surface area (TPSA) is 17.1 Å². The molecular weight excluding hydrogens is 349 g/mol. The van der Waals surface area contributed by atoms with Crippen molar-refractivity contribution in [2.45, 2.75) is 27.1 Å². The molecule has 0 heterocycles. The fourth-order valence-corrected chi connectivity index (χ4v) is 3.58. The number of rotatable bonds is 4. The number of hydrogen-bond donors (Lipinski definition) is 0. The van der Waals surface area contributed by atoms with E-state index in [-0.39, 0.29) is 22.4 Å².